The van der Waals surface area contributed by atoms with Gasteiger partial charge in [0.15, 0.2) is 9.84 Å². The number of piperidine rings is 1. The summed E-state index contributed by atoms with van der Waals surface area (Å²) in [6, 6.07) is 5.57. The van der Waals surface area contributed by atoms with Crippen molar-refractivity contribution in [3.05, 3.63) is 29.6 Å². The maximum Gasteiger partial charge on any atom is 0.254 e. The molecule has 0 bridgehead atoms. The Labute approximate surface area is 159 Å². The molecule has 27 heavy (non-hydrogen) atoms. The minimum Gasteiger partial charge on any atom is -0.334 e. The summed E-state index contributed by atoms with van der Waals surface area (Å²) in [6.07, 6.45) is 3.68. The van der Waals surface area contributed by atoms with Crippen LogP contribution in [0, 0.1) is 6.92 Å². The van der Waals surface area contributed by atoms with Crippen LogP contribution in [-0.4, -0.2) is 59.4 Å². The maximum atomic E-state index is 13.0. The highest BCUT2D eigenvalue weighted by Crippen LogP contribution is 2.30. The fraction of sp³-hybridized carbons (Fsp3) is 0.579. The predicted molar refractivity (Wildman–Crippen MR) is 105 cm³/mol. The number of sulfone groups is 1. The summed E-state index contributed by atoms with van der Waals surface area (Å²) in [7, 11) is -2.97. The van der Waals surface area contributed by atoms with E-state index in [0.717, 1.165) is 42.7 Å². The van der Waals surface area contributed by atoms with Crippen molar-refractivity contribution in [3.63, 3.8) is 0 Å². The SMILES string of the molecule is Cc1nc2cc(C(=O)N3CCCC[C@@H]3CN)ccc2n1[C@H]1CCS(=O)(=O)C1. The number of benzene rings is 1. The summed E-state index contributed by atoms with van der Waals surface area (Å²) in [5.74, 6) is 1.17. The number of fused-ring (bicyclic) bond motifs is 1. The van der Waals surface area contributed by atoms with E-state index in [1.807, 2.05) is 34.6 Å². The molecular formula is C19H26N4O3S. The number of rotatable bonds is 3. The number of carbonyl (C=O) groups excluding carboxylic acids is 1. The molecular weight excluding hydrogens is 364 g/mol. The van der Waals surface area contributed by atoms with Crippen LogP contribution in [0.2, 0.25) is 0 Å². The molecule has 2 aromatic rings. The molecule has 2 saturated heterocycles. The van der Waals surface area contributed by atoms with E-state index in [9.17, 15) is 13.2 Å². The van der Waals surface area contributed by atoms with Crippen LogP contribution in [0.15, 0.2) is 18.2 Å². The lowest BCUT2D eigenvalue weighted by molar-refractivity contribution is 0.0623. The third kappa shape index (κ3) is 3.36. The normalized spacial score (nSPS) is 25.2. The summed E-state index contributed by atoms with van der Waals surface area (Å²) in [5.41, 5.74) is 8.10. The fourth-order valence-corrected chi connectivity index (χ4v) is 6.17. The summed E-state index contributed by atoms with van der Waals surface area (Å²) in [5, 5.41) is 0. The van der Waals surface area contributed by atoms with Gasteiger partial charge in [-0.2, -0.15) is 0 Å². The highest BCUT2D eigenvalue weighted by Gasteiger charge is 2.31. The van der Waals surface area contributed by atoms with Gasteiger partial charge in [-0.05, 0) is 50.8 Å². The molecule has 2 aliphatic heterocycles. The Bertz CT molecular complexity index is 982. The lowest BCUT2D eigenvalue weighted by atomic mass is 10.0. The van der Waals surface area contributed by atoms with Gasteiger partial charge in [-0.3, -0.25) is 4.79 Å². The van der Waals surface area contributed by atoms with Crippen LogP contribution in [0.1, 0.15) is 47.9 Å². The Morgan fingerprint density at radius 2 is 2.11 bits per heavy atom. The minimum absolute atomic E-state index is 0.00250. The molecule has 146 valence electrons. The Balaban J connectivity index is 1.66. The van der Waals surface area contributed by atoms with E-state index >= 15 is 0 Å². The average Bonchev–Trinajstić information content (AvgIpc) is 3.18. The number of hydrogen-bond donors (Lipinski definition) is 1. The van der Waals surface area contributed by atoms with Crippen molar-refractivity contribution >= 4 is 26.8 Å². The summed E-state index contributed by atoms with van der Waals surface area (Å²) in [6.45, 7) is 3.12. The summed E-state index contributed by atoms with van der Waals surface area (Å²) in [4.78, 5) is 19.5. The van der Waals surface area contributed by atoms with Crippen LogP contribution >= 0.6 is 0 Å². The van der Waals surface area contributed by atoms with Crippen LogP contribution in [0.3, 0.4) is 0 Å². The van der Waals surface area contributed by atoms with Gasteiger partial charge in [0, 0.05) is 24.7 Å². The van der Waals surface area contributed by atoms with Crippen molar-refractivity contribution in [2.45, 2.75) is 44.7 Å². The molecule has 0 spiro atoms. The second-order valence-electron chi connectivity index (χ2n) is 7.67. The smallest absolute Gasteiger partial charge is 0.254 e. The number of carbonyl (C=O) groups is 1. The molecule has 2 atom stereocenters. The number of aromatic nitrogens is 2. The molecule has 0 unspecified atom stereocenters. The Morgan fingerprint density at radius 1 is 1.30 bits per heavy atom. The molecule has 1 aromatic carbocycles. The first-order valence-corrected chi connectivity index (χ1v) is 11.4. The number of imidazole rings is 1. The van der Waals surface area contributed by atoms with Gasteiger partial charge in [0.2, 0.25) is 0 Å². The standard InChI is InChI=1S/C19H26N4O3S/c1-13-21-17-10-14(19(24)22-8-3-2-4-15(22)11-20)5-6-18(17)23(13)16-7-9-27(25,26)12-16/h5-6,10,15-16H,2-4,7-9,11-12,20H2,1H3/t15-,16+/m1/s1. The molecule has 2 aliphatic rings. The zero-order chi connectivity index (χ0) is 19.2. The number of hydrogen-bond acceptors (Lipinski definition) is 5. The van der Waals surface area contributed by atoms with E-state index in [0.29, 0.717) is 18.5 Å². The van der Waals surface area contributed by atoms with Gasteiger partial charge in [0.1, 0.15) is 5.82 Å². The van der Waals surface area contributed by atoms with E-state index in [1.165, 1.54) is 0 Å². The maximum absolute atomic E-state index is 13.0. The third-order valence-electron chi connectivity index (χ3n) is 5.85. The first-order valence-electron chi connectivity index (χ1n) is 9.59. The number of nitrogens with two attached hydrogens (primary N) is 1. The molecule has 7 nitrogen and oxygen atoms in total. The zero-order valence-corrected chi connectivity index (χ0v) is 16.4. The monoisotopic (exact) mass is 390 g/mol. The van der Waals surface area contributed by atoms with Crippen LogP contribution in [0.4, 0.5) is 0 Å². The van der Waals surface area contributed by atoms with Crippen molar-refractivity contribution in [2.75, 3.05) is 24.6 Å². The third-order valence-corrected chi connectivity index (χ3v) is 7.60. The average molecular weight is 391 g/mol. The largest absolute Gasteiger partial charge is 0.334 e. The zero-order valence-electron chi connectivity index (χ0n) is 15.6. The molecule has 2 fully saturated rings. The lowest BCUT2D eigenvalue weighted by Gasteiger charge is -2.35. The molecule has 1 aromatic heterocycles. The minimum atomic E-state index is -2.97. The fourth-order valence-electron chi connectivity index (χ4n) is 4.47. The predicted octanol–water partition coefficient (Wildman–Crippen LogP) is 1.66. The van der Waals surface area contributed by atoms with Crippen molar-refractivity contribution in [1.29, 1.82) is 0 Å². The van der Waals surface area contributed by atoms with Gasteiger partial charge in [-0.1, -0.05) is 0 Å². The van der Waals surface area contributed by atoms with Gasteiger partial charge in [0.05, 0.1) is 28.6 Å². The van der Waals surface area contributed by atoms with E-state index in [4.69, 9.17) is 5.73 Å². The Kier molecular flexibility index (Phi) is 4.71. The van der Waals surface area contributed by atoms with Gasteiger partial charge in [0.25, 0.3) is 5.91 Å². The summed E-state index contributed by atoms with van der Waals surface area (Å²) < 4.78 is 25.7. The van der Waals surface area contributed by atoms with Crippen LogP contribution in [-0.2, 0) is 9.84 Å². The Hall–Kier alpha value is -1.93. The highest BCUT2D eigenvalue weighted by molar-refractivity contribution is 7.91. The van der Waals surface area contributed by atoms with E-state index in [-0.39, 0.29) is 29.5 Å². The molecule has 8 heteroatoms. The van der Waals surface area contributed by atoms with Crippen LogP contribution in [0.5, 0.6) is 0 Å². The molecule has 0 aliphatic carbocycles. The van der Waals surface area contributed by atoms with Crippen molar-refractivity contribution in [3.8, 4) is 0 Å². The topological polar surface area (TPSA) is 98.3 Å². The second-order valence-corrected chi connectivity index (χ2v) is 9.90. The molecule has 0 saturated carbocycles. The van der Waals surface area contributed by atoms with Crippen molar-refractivity contribution < 1.29 is 13.2 Å². The first kappa shape index (κ1) is 18.4. The molecule has 2 N–H and O–H groups in total. The molecule has 3 heterocycles. The molecule has 4 rings (SSSR count). The number of nitrogens with zero attached hydrogens (tertiary/aromatic N) is 3. The summed E-state index contributed by atoms with van der Waals surface area (Å²) >= 11 is 0. The van der Waals surface area contributed by atoms with Gasteiger partial charge < -0.3 is 15.2 Å². The Morgan fingerprint density at radius 3 is 2.81 bits per heavy atom. The van der Waals surface area contributed by atoms with Gasteiger partial charge in [-0.25, -0.2) is 13.4 Å². The quantitative estimate of drug-likeness (QED) is 0.859. The van der Waals surface area contributed by atoms with Crippen LogP contribution < -0.4 is 5.73 Å². The molecule has 1 amide bonds. The van der Waals surface area contributed by atoms with E-state index in [1.54, 1.807) is 0 Å². The van der Waals surface area contributed by atoms with E-state index in [2.05, 4.69) is 4.98 Å². The number of likely N-dealkylation sites (tertiary alicyclic amines) is 1. The van der Waals surface area contributed by atoms with Gasteiger partial charge in [-0.15, -0.1) is 0 Å². The van der Waals surface area contributed by atoms with Crippen LogP contribution in [0.25, 0.3) is 11.0 Å². The first-order chi connectivity index (χ1) is 12.9. The van der Waals surface area contributed by atoms with Gasteiger partial charge >= 0.3 is 0 Å². The second kappa shape index (κ2) is 6.91. The highest BCUT2D eigenvalue weighted by atomic mass is 32.2. The van der Waals surface area contributed by atoms with E-state index < -0.39 is 9.84 Å². The van der Waals surface area contributed by atoms with Crippen molar-refractivity contribution in [1.82, 2.24) is 14.5 Å². The molecule has 0 radical (unpaired) electrons. The number of aryl methyl sites for hydroxylation is 1. The lowest BCUT2D eigenvalue weighted by Crippen LogP contribution is -2.47. The number of amides is 1. The van der Waals surface area contributed by atoms with Crippen molar-refractivity contribution in [2.24, 2.45) is 5.73 Å².